The highest BCUT2D eigenvalue weighted by atomic mass is 32.2. The van der Waals surface area contributed by atoms with Crippen LogP contribution in [0.1, 0.15) is 5.56 Å². The first kappa shape index (κ1) is 21.1. The molecule has 1 heterocycles. The van der Waals surface area contributed by atoms with Gasteiger partial charge in [-0.2, -0.15) is 11.8 Å². The predicted molar refractivity (Wildman–Crippen MR) is 117 cm³/mol. The van der Waals surface area contributed by atoms with E-state index >= 15 is 0 Å². The van der Waals surface area contributed by atoms with Crippen molar-refractivity contribution in [3.05, 3.63) is 70.3 Å². The van der Waals surface area contributed by atoms with Crippen molar-refractivity contribution in [3.63, 3.8) is 0 Å². The average molecular weight is 415 g/mol. The van der Waals surface area contributed by atoms with Crippen molar-refractivity contribution in [1.82, 2.24) is 10.2 Å². The molecule has 0 spiro atoms. The van der Waals surface area contributed by atoms with Gasteiger partial charge in [0, 0.05) is 62.0 Å². The summed E-state index contributed by atoms with van der Waals surface area (Å²) in [6.45, 7) is 4.30. The minimum Gasteiger partial charge on any atom is -0.369 e. The molecule has 0 saturated carbocycles. The van der Waals surface area contributed by atoms with Crippen molar-refractivity contribution in [2.24, 2.45) is 0 Å². The Morgan fingerprint density at radius 2 is 1.72 bits per heavy atom. The van der Waals surface area contributed by atoms with Crippen LogP contribution in [0.4, 0.5) is 11.4 Å². The summed E-state index contributed by atoms with van der Waals surface area (Å²) < 4.78 is 0. The van der Waals surface area contributed by atoms with Crippen molar-refractivity contribution in [2.75, 3.05) is 49.9 Å². The minimum atomic E-state index is -0.388. The van der Waals surface area contributed by atoms with E-state index < -0.39 is 0 Å². The molecule has 7 nitrogen and oxygen atoms in total. The van der Waals surface area contributed by atoms with E-state index in [0.717, 1.165) is 43.4 Å². The zero-order valence-corrected chi connectivity index (χ0v) is 17.1. The molecule has 1 amide bonds. The summed E-state index contributed by atoms with van der Waals surface area (Å²) in [6, 6.07) is 17.0. The molecule has 1 fully saturated rings. The fourth-order valence-electron chi connectivity index (χ4n) is 3.24. The van der Waals surface area contributed by atoms with E-state index in [9.17, 15) is 14.9 Å². The Kier molecular flexibility index (Phi) is 7.89. The molecular formula is C21H26N4O3S. The monoisotopic (exact) mass is 414 g/mol. The second-order valence-corrected chi connectivity index (χ2v) is 8.03. The molecule has 8 heteroatoms. The second-order valence-electron chi connectivity index (χ2n) is 6.92. The van der Waals surface area contributed by atoms with Crippen LogP contribution in [0.25, 0.3) is 0 Å². The van der Waals surface area contributed by atoms with E-state index in [0.29, 0.717) is 13.1 Å². The lowest BCUT2D eigenvalue weighted by Crippen LogP contribution is -2.49. The van der Waals surface area contributed by atoms with E-state index in [1.54, 1.807) is 12.1 Å². The molecule has 1 saturated heterocycles. The number of non-ortho nitro benzene ring substituents is 1. The fourth-order valence-corrected chi connectivity index (χ4v) is 4.05. The molecule has 1 aliphatic heterocycles. The van der Waals surface area contributed by atoms with Gasteiger partial charge in [0.1, 0.15) is 0 Å². The molecule has 2 aromatic rings. The van der Waals surface area contributed by atoms with Crippen molar-refractivity contribution < 1.29 is 9.72 Å². The molecule has 0 aromatic heterocycles. The molecule has 29 heavy (non-hydrogen) atoms. The number of hydrogen-bond donors (Lipinski definition) is 1. The van der Waals surface area contributed by atoms with Crippen LogP contribution in [0.3, 0.4) is 0 Å². The number of anilines is 1. The first-order valence-corrected chi connectivity index (χ1v) is 10.9. The lowest BCUT2D eigenvalue weighted by atomic mass is 10.2. The lowest BCUT2D eigenvalue weighted by molar-refractivity contribution is -0.384. The van der Waals surface area contributed by atoms with Crippen molar-refractivity contribution in [1.29, 1.82) is 0 Å². The predicted octanol–water partition coefficient (Wildman–Crippen LogP) is 2.77. The van der Waals surface area contributed by atoms with E-state index in [-0.39, 0.29) is 16.5 Å². The Hall–Kier alpha value is -2.58. The summed E-state index contributed by atoms with van der Waals surface area (Å²) in [7, 11) is 0. The summed E-state index contributed by atoms with van der Waals surface area (Å²) in [5.41, 5.74) is 2.39. The number of thioether (sulfide) groups is 1. The van der Waals surface area contributed by atoms with Gasteiger partial charge in [-0.25, -0.2) is 0 Å². The number of carbonyl (C=O) groups excluding carboxylic acids is 1. The molecule has 0 aliphatic carbocycles. The number of nitrogens with zero attached hydrogens (tertiary/aromatic N) is 3. The molecule has 0 radical (unpaired) electrons. The summed E-state index contributed by atoms with van der Waals surface area (Å²) in [4.78, 5) is 26.9. The molecule has 1 aliphatic rings. The van der Waals surface area contributed by atoms with Gasteiger partial charge in [0.05, 0.1) is 11.5 Å². The summed E-state index contributed by atoms with van der Waals surface area (Å²) >= 11 is 1.82. The van der Waals surface area contributed by atoms with Crippen LogP contribution < -0.4 is 10.2 Å². The van der Waals surface area contributed by atoms with Gasteiger partial charge in [0.15, 0.2) is 0 Å². The maximum Gasteiger partial charge on any atom is 0.269 e. The lowest BCUT2D eigenvalue weighted by Gasteiger charge is -2.35. The van der Waals surface area contributed by atoms with Crippen LogP contribution in [0.15, 0.2) is 54.6 Å². The number of nitrogens with one attached hydrogen (secondary N) is 1. The Morgan fingerprint density at radius 1 is 1.03 bits per heavy atom. The Labute approximate surface area is 175 Å². The summed E-state index contributed by atoms with van der Waals surface area (Å²) in [5.74, 6) is 1.92. The van der Waals surface area contributed by atoms with Gasteiger partial charge in [-0.1, -0.05) is 30.3 Å². The van der Waals surface area contributed by atoms with E-state index in [1.165, 1.54) is 17.7 Å². The maximum atomic E-state index is 12.2. The second kappa shape index (κ2) is 10.8. The number of hydrogen-bond acceptors (Lipinski definition) is 6. The Bertz CT molecular complexity index is 793. The summed E-state index contributed by atoms with van der Waals surface area (Å²) in [6.07, 6.45) is 0. The highest BCUT2D eigenvalue weighted by molar-refractivity contribution is 7.98. The minimum absolute atomic E-state index is 0.0640. The molecule has 0 atom stereocenters. The quantitative estimate of drug-likeness (QED) is 0.386. The number of nitro benzene ring substituents is 1. The number of carbonyl (C=O) groups is 1. The van der Waals surface area contributed by atoms with E-state index in [4.69, 9.17) is 0 Å². The van der Waals surface area contributed by atoms with Crippen LogP contribution in [0.2, 0.25) is 0 Å². The largest absolute Gasteiger partial charge is 0.369 e. The maximum absolute atomic E-state index is 12.2. The van der Waals surface area contributed by atoms with Crippen LogP contribution in [-0.4, -0.2) is 60.8 Å². The smallest absolute Gasteiger partial charge is 0.269 e. The molecule has 2 aromatic carbocycles. The molecule has 0 bridgehead atoms. The zero-order chi connectivity index (χ0) is 20.5. The normalized spacial score (nSPS) is 14.6. The van der Waals surface area contributed by atoms with E-state index in [2.05, 4.69) is 27.2 Å². The van der Waals surface area contributed by atoms with Crippen LogP contribution in [0, 0.1) is 10.1 Å². The Morgan fingerprint density at radius 3 is 2.38 bits per heavy atom. The third kappa shape index (κ3) is 6.76. The van der Waals surface area contributed by atoms with Gasteiger partial charge in [-0.05, 0) is 17.7 Å². The summed E-state index contributed by atoms with van der Waals surface area (Å²) in [5, 5.41) is 13.8. The average Bonchev–Trinajstić information content (AvgIpc) is 2.75. The van der Waals surface area contributed by atoms with E-state index in [1.807, 2.05) is 30.0 Å². The number of nitro groups is 1. The van der Waals surface area contributed by atoms with Crippen molar-refractivity contribution >= 4 is 29.0 Å². The highest BCUT2D eigenvalue weighted by Gasteiger charge is 2.19. The molecule has 3 rings (SSSR count). The van der Waals surface area contributed by atoms with Crippen molar-refractivity contribution in [3.8, 4) is 0 Å². The highest BCUT2D eigenvalue weighted by Crippen LogP contribution is 2.20. The van der Waals surface area contributed by atoms with Gasteiger partial charge in [-0.15, -0.1) is 0 Å². The molecule has 0 unspecified atom stereocenters. The molecule has 154 valence electrons. The zero-order valence-electron chi connectivity index (χ0n) is 16.3. The number of amides is 1. The van der Waals surface area contributed by atoms with Gasteiger partial charge in [0.25, 0.3) is 5.69 Å². The van der Waals surface area contributed by atoms with Crippen LogP contribution in [-0.2, 0) is 10.5 Å². The third-order valence-electron chi connectivity index (χ3n) is 4.85. The van der Waals surface area contributed by atoms with Gasteiger partial charge in [-0.3, -0.25) is 19.8 Å². The number of rotatable bonds is 9. The first-order valence-electron chi connectivity index (χ1n) is 9.72. The van der Waals surface area contributed by atoms with Crippen LogP contribution >= 0.6 is 11.8 Å². The topological polar surface area (TPSA) is 78.7 Å². The fraction of sp³-hybridized carbons (Fsp3) is 0.381. The van der Waals surface area contributed by atoms with Gasteiger partial charge >= 0.3 is 0 Å². The van der Waals surface area contributed by atoms with Crippen molar-refractivity contribution in [2.45, 2.75) is 5.75 Å². The SMILES string of the molecule is O=C(CN1CCN(c2ccc([N+](=O)[O-])cc2)CC1)NCCSCc1ccccc1. The van der Waals surface area contributed by atoms with Gasteiger partial charge in [0.2, 0.25) is 5.91 Å². The van der Waals surface area contributed by atoms with Crippen LogP contribution in [0.5, 0.6) is 0 Å². The number of piperazine rings is 1. The standard InChI is InChI=1S/C21H26N4O3S/c26-21(22-10-15-29-17-18-4-2-1-3-5-18)16-23-11-13-24(14-12-23)19-6-8-20(9-7-19)25(27)28/h1-9H,10-17H2,(H,22,26). The number of benzene rings is 2. The Balaban J connectivity index is 1.30. The first-order chi connectivity index (χ1) is 14.1. The van der Waals surface area contributed by atoms with Gasteiger partial charge < -0.3 is 10.2 Å². The third-order valence-corrected chi connectivity index (χ3v) is 5.88. The molecule has 1 N–H and O–H groups in total. The molecular weight excluding hydrogens is 388 g/mol.